The Balaban J connectivity index is 1.82. The number of nitrogens with one attached hydrogen (secondary N) is 2. The van der Waals surface area contributed by atoms with Crippen LogP contribution in [0.5, 0.6) is 0 Å². The molecule has 7 heteroatoms. The number of nitrogens with zero attached hydrogens (tertiary/aromatic N) is 3. The summed E-state index contributed by atoms with van der Waals surface area (Å²) in [6.45, 7) is 11.4. The Hall–Kier alpha value is -1.76. The highest BCUT2D eigenvalue weighted by molar-refractivity contribution is 7.14. The van der Waals surface area contributed by atoms with Gasteiger partial charge < -0.3 is 20.4 Å². The molecule has 25 heavy (non-hydrogen) atoms. The number of amides is 1. The van der Waals surface area contributed by atoms with Gasteiger partial charge >= 0.3 is 0 Å². The molecule has 0 bridgehead atoms. The van der Waals surface area contributed by atoms with E-state index in [1.54, 1.807) is 11.3 Å². The number of hydrogen-bond donors (Lipinski definition) is 2. The van der Waals surface area contributed by atoms with Crippen LogP contribution in [0.15, 0.2) is 22.5 Å². The van der Waals surface area contributed by atoms with Crippen LogP contribution in [0.4, 0.5) is 5.00 Å². The molecule has 1 fully saturated rings. The average molecular weight is 366 g/mol. The summed E-state index contributed by atoms with van der Waals surface area (Å²) in [5, 5.41) is 9.80. The second-order valence-electron chi connectivity index (χ2n) is 6.29. The van der Waals surface area contributed by atoms with E-state index in [0.717, 1.165) is 45.1 Å². The first kappa shape index (κ1) is 19.6. The van der Waals surface area contributed by atoms with E-state index >= 15 is 0 Å². The first-order chi connectivity index (χ1) is 12.1. The molecule has 1 amide bonds. The van der Waals surface area contributed by atoms with Gasteiger partial charge in [-0.15, -0.1) is 11.3 Å². The number of aliphatic imine (C=N–C) groups is 1. The van der Waals surface area contributed by atoms with Gasteiger partial charge in [0.05, 0.1) is 11.5 Å². The molecular formula is C18H31N5OS. The minimum absolute atomic E-state index is 0.0801. The maximum Gasteiger partial charge on any atom is 0.222 e. The summed E-state index contributed by atoms with van der Waals surface area (Å²) in [5.41, 5.74) is 0. The van der Waals surface area contributed by atoms with E-state index in [9.17, 15) is 4.79 Å². The summed E-state index contributed by atoms with van der Waals surface area (Å²) in [7, 11) is 0. The van der Waals surface area contributed by atoms with Crippen LogP contribution in [-0.4, -0.2) is 62.1 Å². The number of anilines is 1. The van der Waals surface area contributed by atoms with E-state index in [1.165, 1.54) is 5.00 Å². The van der Waals surface area contributed by atoms with Crippen molar-refractivity contribution in [3.63, 3.8) is 0 Å². The van der Waals surface area contributed by atoms with Crippen molar-refractivity contribution >= 4 is 28.2 Å². The minimum Gasteiger partial charge on any atom is -0.360 e. The summed E-state index contributed by atoms with van der Waals surface area (Å²) >= 11 is 1.79. The van der Waals surface area contributed by atoms with Crippen LogP contribution >= 0.6 is 11.3 Å². The van der Waals surface area contributed by atoms with Crippen LogP contribution in [-0.2, 0) is 4.79 Å². The molecule has 0 aromatic carbocycles. The Morgan fingerprint density at radius 1 is 1.32 bits per heavy atom. The number of hydrogen-bond acceptors (Lipinski definition) is 4. The molecule has 1 aromatic rings. The van der Waals surface area contributed by atoms with Gasteiger partial charge in [-0.1, -0.05) is 6.92 Å². The number of piperazine rings is 1. The van der Waals surface area contributed by atoms with Crippen molar-refractivity contribution in [2.24, 2.45) is 4.99 Å². The van der Waals surface area contributed by atoms with Crippen LogP contribution in [0.25, 0.3) is 0 Å². The van der Waals surface area contributed by atoms with Crippen molar-refractivity contribution in [1.82, 2.24) is 15.5 Å². The lowest BCUT2D eigenvalue weighted by Gasteiger charge is -2.37. The zero-order valence-electron chi connectivity index (χ0n) is 15.6. The number of carbonyl (C=O) groups is 1. The zero-order valence-corrected chi connectivity index (χ0v) is 16.4. The molecular weight excluding hydrogens is 334 g/mol. The fourth-order valence-electron chi connectivity index (χ4n) is 2.73. The number of rotatable bonds is 7. The summed E-state index contributed by atoms with van der Waals surface area (Å²) in [4.78, 5) is 21.2. The van der Waals surface area contributed by atoms with Crippen molar-refractivity contribution in [2.75, 3.05) is 44.2 Å². The highest BCUT2D eigenvalue weighted by Crippen LogP contribution is 2.22. The lowest BCUT2D eigenvalue weighted by molar-refractivity contribution is -0.121. The summed E-state index contributed by atoms with van der Waals surface area (Å²) in [6.07, 6.45) is 1.39. The Morgan fingerprint density at radius 3 is 2.68 bits per heavy atom. The lowest BCUT2D eigenvalue weighted by Crippen LogP contribution is -2.52. The lowest BCUT2D eigenvalue weighted by atomic mass is 10.2. The molecule has 1 atom stereocenters. The Kier molecular flexibility index (Phi) is 8.04. The van der Waals surface area contributed by atoms with Crippen LogP contribution in [0.3, 0.4) is 0 Å². The fourth-order valence-corrected chi connectivity index (χ4v) is 3.51. The summed E-state index contributed by atoms with van der Waals surface area (Å²) in [6, 6.07) is 4.51. The Bertz CT molecular complexity index is 538. The Morgan fingerprint density at radius 2 is 2.08 bits per heavy atom. The fraction of sp³-hybridized carbons (Fsp3) is 0.667. The zero-order chi connectivity index (χ0) is 18.1. The molecule has 1 aliphatic rings. The number of thiophene rings is 1. The van der Waals surface area contributed by atoms with Gasteiger partial charge in [-0.3, -0.25) is 9.79 Å². The average Bonchev–Trinajstić information content (AvgIpc) is 3.15. The maximum absolute atomic E-state index is 11.9. The van der Waals surface area contributed by atoms with Gasteiger partial charge in [0.2, 0.25) is 5.91 Å². The van der Waals surface area contributed by atoms with Crippen LogP contribution in [0.2, 0.25) is 0 Å². The van der Waals surface area contributed by atoms with E-state index in [-0.39, 0.29) is 11.9 Å². The van der Waals surface area contributed by atoms with E-state index in [2.05, 4.69) is 56.8 Å². The second-order valence-corrected chi connectivity index (χ2v) is 7.21. The molecule has 2 rings (SSSR count). The molecule has 1 aliphatic heterocycles. The normalized spacial score (nSPS) is 16.7. The summed E-state index contributed by atoms with van der Waals surface area (Å²) in [5.74, 6) is 1.00. The quantitative estimate of drug-likeness (QED) is 0.574. The molecule has 1 unspecified atom stereocenters. The Labute approximate surface area is 155 Å². The molecule has 6 nitrogen and oxygen atoms in total. The highest BCUT2D eigenvalue weighted by atomic mass is 32.1. The number of carbonyl (C=O) groups excluding carboxylic acids is 1. The van der Waals surface area contributed by atoms with Crippen molar-refractivity contribution in [1.29, 1.82) is 0 Å². The van der Waals surface area contributed by atoms with Crippen molar-refractivity contribution in [3.8, 4) is 0 Å². The molecule has 0 saturated carbocycles. The maximum atomic E-state index is 11.9. The number of guanidine groups is 1. The molecule has 1 saturated heterocycles. The predicted octanol–water partition coefficient (Wildman–Crippen LogP) is 2.14. The third-order valence-electron chi connectivity index (χ3n) is 4.35. The third-order valence-corrected chi connectivity index (χ3v) is 5.28. The van der Waals surface area contributed by atoms with Gasteiger partial charge in [-0.2, -0.15) is 0 Å². The first-order valence-corrected chi connectivity index (χ1v) is 10.1. The van der Waals surface area contributed by atoms with Crippen LogP contribution in [0, 0.1) is 0 Å². The summed E-state index contributed by atoms with van der Waals surface area (Å²) < 4.78 is 0. The van der Waals surface area contributed by atoms with Gasteiger partial charge in [0.15, 0.2) is 5.96 Å². The molecule has 2 heterocycles. The molecule has 0 spiro atoms. The smallest absolute Gasteiger partial charge is 0.222 e. The van der Waals surface area contributed by atoms with E-state index in [4.69, 9.17) is 0 Å². The SMILES string of the molecule is CCNC(=NCCC(=O)NC(C)CC)N1CCN(c2cccs2)CC1. The van der Waals surface area contributed by atoms with Crippen LogP contribution < -0.4 is 15.5 Å². The molecule has 2 N–H and O–H groups in total. The topological polar surface area (TPSA) is 60.0 Å². The third kappa shape index (κ3) is 6.23. The molecule has 0 radical (unpaired) electrons. The molecule has 1 aromatic heterocycles. The van der Waals surface area contributed by atoms with Crippen LogP contribution in [0.1, 0.15) is 33.6 Å². The molecule has 140 valence electrons. The largest absolute Gasteiger partial charge is 0.360 e. The van der Waals surface area contributed by atoms with Gasteiger partial charge in [0.1, 0.15) is 0 Å². The molecule has 0 aliphatic carbocycles. The van der Waals surface area contributed by atoms with Crippen molar-refractivity contribution in [3.05, 3.63) is 17.5 Å². The standard InChI is InChI=1S/C18H31N5OS/c1-4-15(3)21-16(24)8-9-20-18(19-5-2)23-12-10-22(11-13-23)17-7-6-14-25-17/h6-7,14-15H,4-5,8-13H2,1-3H3,(H,19,20)(H,21,24). The highest BCUT2D eigenvalue weighted by Gasteiger charge is 2.20. The second kappa shape index (κ2) is 10.3. The van der Waals surface area contributed by atoms with E-state index in [1.807, 2.05) is 6.92 Å². The van der Waals surface area contributed by atoms with Gasteiger partial charge in [0.25, 0.3) is 0 Å². The van der Waals surface area contributed by atoms with Gasteiger partial charge in [0, 0.05) is 45.2 Å². The van der Waals surface area contributed by atoms with E-state index in [0.29, 0.717) is 13.0 Å². The predicted molar refractivity (Wildman–Crippen MR) is 107 cm³/mol. The van der Waals surface area contributed by atoms with Crippen molar-refractivity contribution < 1.29 is 4.79 Å². The minimum atomic E-state index is 0.0801. The monoisotopic (exact) mass is 365 g/mol. The van der Waals surface area contributed by atoms with Gasteiger partial charge in [-0.25, -0.2) is 0 Å². The van der Waals surface area contributed by atoms with Gasteiger partial charge in [-0.05, 0) is 37.8 Å². The first-order valence-electron chi connectivity index (χ1n) is 9.25. The van der Waals surface area contributed by atoms with Crippen molar-refractivity contribution in [2.45, 2.75) is 39.7 Å². The van der Waals surface area contributed by atoms with E-state index < -0.39 is 0 Å².